The molecule has 0 bridgehead atoms. The van der Waals surface area contributed by atoms with E-state index in [-0.39, 0.29) is 17.9 Å². The lowest BCUT2D eigenvalue weighted by Crippen LogP contribution is -2.29. The van der Waals surface area contributed by atoms with Gasteiger partial charge in [0.05, 0.1) is 21.6 Å². The molecule has 5 nitrogen and oxygen atoms in total. The first kappa shape index (κ1) is 20.8. The van der Waals surface area contributed by atoms with E-state index in [0.717, 1.165) is 11.1 Å². The summed E-state index contributed by atoms with van der Waals surface area (Å²) in [5.41, 5.74) is 2.63. The standard InChI is InChI=1S/C24H18ClN3O2S/c25-19-9-8-18(15-20(19)27-24(30)21-7-4-14-31-21)23(29)28-22(16-5-2-1-3-6-16)17-10-12-26-13-11-17/h1-15,22H,(H,27,30)(H,28,29). The highest BCUT2D eigenvalue weighted by Gasteiger charge is 2.19. The third-order valence-electron chi connectivity index (χ3n) is 4.67. The zero-order valence-electron chi connectivity index (χ0n) is 16.3. The van der Waals surface area contributed by atoms with Gasteiger partial charge in [-0.2, -0.15) is 0 Å². The number of anilines is 1. The van der Waals surface area contributed by atoms with Crippen molar-refractivity contribution < 1.29 is 9.59 Å². The molecule has 0 aliphatic heterocycles. The highest BCUT2D eigenvalue weighted by molar-refractivity contribution is 7.12. The van der Waals surface area contributed by atoms with Crippen LogP contribution in [0.15, 0.2) is 90.6 Å². The van der Waals surface area contributed by atoms with Crippen molar-refractivity contribution in [1.82, 2.24) is 10.3 Å². The molecule has 0 radical (unpaired) electrons. The molecule has 7 heteroatoms. The molecule has 4 aromatic rings. The van der Waals surface area contributed by atoms with E-state index >= 15 is 0 Å². The van der Waals surface area contributed by atoms with E-state index in [0.29, 0.717) is 21.2 Å². The normalized spacial score (nSPS) is 11.5. The van der Waals surface area contributed by atoms with Crippen LogP contribution in [0.25, 0.3) is 0 Å². The van der Waals surface area contributed by atoms with Gasteiger partial charge in [-0.15, -0.1) is 11.3 Å². The van der Waals surface area contributed by atoms with Crippen LogP contribution in [-0.4, -0.2) is 16.8 Å². The summed E-state index contributed by atoms with van der Waals surface area (Å²) in [7, 11) is 0. The summed E-state index contributed by atoms with van der Waals surface area (Å²) in [6.07, 6.45) is 3.38. The Kier molecular flexibility index (Phi) is 6.40. The Morgan fingerprint density at radius 2 is 1.61 bits per heavy atom. The highest BCUT2D eigenvalue weighted by atomic mass is 35.5. The zero-order chi connectivity index (χ0) is 21.6. The SMILES string of the molecule is O=C(NC(c1ccccc1)c1ccncc1)c1ccc(Cl)c(NC(=O)c2cccs2)c1. The number of thiophene rings is 1. The predicted octanol–water partition coefficient (Wildman–Crippen LogP) is 5.57. The minimum absolute atomic E-state index is 0.270. The summed E-state index contributed by atoms with van der Waals surface area (Å²) in [6.45, 7) is 0. The van der Waals surface area contributed by atoms with E-state index in [2.05, 4.69) is 15.6 Å². The molecule has 2 amide bonds. The number of rotatable bonds is 6. The summed E-state index contributed by atoms with van der Waals surface area (Å²) in [5, 5.41) is 8.03. The van der Waals surface area contributed by atoms with Crippen LogP contribution in [0.4, 0.5) is 5.69 Å². The van der Waals surface area contributed by atoms with Gasteiger partial charge in [0, 0.05) is 18.0 Å². The van der Waals surface area contributed by atoms with Crippen molar-refractivity contribution in [2.45, 2.75) is 6.04 Å². The molecule has 2 aromatic carbocycles. The molecule has 4 rings (SSSR count). The summed E-state index contributed by atoms with van der Waals surface area (Å²) in [4.78, 5) is 30.1. The number of carbonyl (C=O) groups is 2. The summed E-state index contributed by atoms with van der Waals surface area (Å²) in [6, 6.07) is 21.4. The number of carbonyl (C=O) groups excluding carboxylic acids is 2. The van der Waals surface area contributed by atoms with E-state index < -0.39 is 0 Å². The Morgan fingerprint density at radius 1 is 0.871 bits per heavy atom. The second kappa shape index (κ2) is 9.55. The van der Waals surface area contributed by atoms with Crippen molar-refractivity contribution in [2.75, 3.05) is 5.32 Å². The zero-order valence-corrected chi connectivity index (χ0v) is 17.9. The molecule has 31 heavy (non-hydrogen) atoms. The second-order valence-electron chi connectivity index (χ2n) is 6.72. The molecule has 0 saturated heterocycles. The Bertz CT molecular complexity index is 1140. The van der Waals surface area contributed by atoms with Gasteiger partial charge in [-0.25, -0.2) is 0 Å². The fourth-order valence-corrected chi connectivity index (χ4v) is 3.91. The Labute approximate surface area is 188 Å². The van der Waals surface area contributed by atoms with Gasteiger partial charge in [-0.3, -0.25) is 14.6 Å². The molecule has 2 aromatic heterocycles. The number of benzene rings is 2. The van der Waals surface area contributed by atoms with Crippen LogP contribution >= 0.6 is 22.9 Å². The van der Waals surface area contributed by atoms with E-state index in [4.69, 9.17) is 11.6 Å². The summed E-state index contributed by atoms with van der Waals surface area (Å²) in [5.74, 6) is -0.553. The van der Waals surface area contributed by atoms with E-state index in [1.54, 1.807) is 42.7 Å². The van der Waals surface area contributed by atoms with E-state index in [9.17, 15) is 9.59 Å². The number of hydrogen-bond acceptors (Lipinski definition) is 4. The topological polar surface area (TPSA) is 71.1 Å². The van der Waals surface area contributed by atoms with E-state index in [1.165, 1.54) is 11.3 Å². The maximum absolute atomic E-state index is 13.1. The highest BCUT2D eigenvalue weighted by Crippen LogP contribution is 2.26. The molecule has 0 saturated carbocycles. The lowest BCUT2D eigenvalue weighted by Gasteiger charge is -2.20. The van der Waals surface area contributed by atoms with Crippen molar-refractivity contribution >= 4 is 40.4 Å². The third-order valence-corrected chi connectivity index (χ3v) is 5.87. The molecular formula is C24H18ClN3O2S. The van der Waals surface area contributed by atoms with Gasteiger partial charge >= 0.3 is 0 Å². The van der Waals surface area contributed by atoms with Gasteiger partial charge in [0.1, 0.15) is 0 Å². The Morgan fingerprint density at radius 3 is 2.32 bits per heavy atom. The molecule has 2 N–H and O–H groups in total. The van der Waals surface area contributed by atoms with Crippen molar-refractivity contribution in [1.29, 1.82) is 0 Å². The molecule has 154 valence electrons. The van der Waals surface area contributed by atoms with Gasteiger partial charge in [0.15, 0.2) is 0 Å². The largest absolute Gasteiger partial charge is 0.341 e. The predicted molar refractivity (Wildman–Crippen MR) is 124 cm³/mol. The van der Waals surface area contributed by atoms with Gasteiger partial charge in [0.25, 0.3) is 11.8 Å². The number of halogens is 1. The van der Waals surface area contributed by atoms with Crippen LogP contribution in [0.1, 0.15) is 37.2 Å². The Hall–Kier alpha value is -3.48. The van der Waals surface area contributed by atoms with Crippen LogP contribution in [0.3, 0.4) is 0 Å². The lowest BCUT2D eigenvalue weighted by atomic mass is 9.99. The van der Waals surface area contributed by atoms with Crippen LogP contribution < -0.4 is 10.6 Å². The molecule has 0 aliphatic rings. The van der Waals surface area contributed by atoms with Crippen LogP contribution in [-0.2, 0) is 0 Å². The fraction of sp³-hybridized carbons (Fsp3) is 0.0417. The summed E-state index contributed by atoms with van der Waals surface area (Å²) < 4.78 is 0. The van der Waals surface area contributed by atoms with Crippen LogP contribution in [0, 0.1) is 0 Å². The van der Waals surface area contributed by atoms with Crippen molar-refractivity contribution in [2.24, 2.45) is 0 Å². The molecule has 0 spiro atoms. The smallest absolute Gasteiger partial charge is 0.265 e. The maximum atomic E-state index is 13.1. The minimum atomic E-state index is -0.350. The first-order valence-electron chi connectivity index (χ1n) is 9.52. The first-order chi connectivity index (χ1) is 15.1. The fourth-order valence-electron chi connectivity index (χ4n) is 3.13. The molecule has 1 unspecified atom stereocenters. The number of hydrogen-bond donors (Lipinski definition) is 2. The Balaban J connectivity index is 1.59. The van der Waals surface area contributed by atoms with Crippen molar-refractivity contribution in [3.63, 3.8) is 0 Å². The number of amides is 2. The molecular weight excluding hydrogens is 430 g/mol. The van der Waals surface area contributed by atoms with Crippen LogP contribution in [0.2, 0.25) is 5.02 Å². The van der Waals surface area contributed by atoms with Gasteiger partial charge < -0.3 is 10.6 Å². The van der Waals surface area contributed by atoms with Gasteiger partial charge in [-0.05, 0) is 52.9 Å². The molecule has 0 aliphatic carbocycles. The maximum Gasteiger partial charge on any atom is 0.265 e. The van der Waals surface area contributed by atoms with Crippen LogP contribution in [0.5, 0.6) is 0 Å². The summed E-state index contributed by atoms with van der Waals surface area (Å²) >= 11 is 7.58. The number of nitrogens with zero attached hydrogens (tertiary/aromatic N) is 1. The first-order valence-corrected chi connectivity index (χ1v) is 10.8. The van der Waals surface area contributed by atoms with Crippen molar-refractivity contribution in [3.8, 4) is 0 Å². The third kappa shape index (κ3) is 4.99. The second-order valence-corrected chi connectivity index (χ2v) is 8.08. The van der Waals surface area contributed by atoms with E-state index in [1.807, 2.05) is 47.8 Å². The average molecular weight is 448 g/mol. The number of nitrogens with one attached hydrogen (secondary N) is 2. The minimum Gasteiger partial charge on any atom is -0.341 e. The van der Waals surface area contributed by atoms with Gasteiger partial charge in [0.2, 0.25) is 0 Å². The number of pyridine rings is 1. The molecule has 1 atom stereocenters. The lowest BCUT2D eigenvalue weighted by molar-refractivity contribution is 0.0941. The average Bonchev–Trinajstić information content (AvgIpc) is 3.35. The number of aromatic nitrogens is 1. The molecule has 2 heterocycles. The monoisotopic (exact) mass is 447 g/mol. The molecule has 0 fully saturated rings. The van der Waals surface area contributed by atoms with Crippen molar-refractivity contribution in [3.05, 3.63) is 117 Å². The quantitative estimate of drug-likeness (QED) is 0.406. The van der Waals surface area contributed by atoms with Gasteiger partial charge in [-0.1, -0.05) is 48.0 Å².